The largest absolute Gasteiger partial charge is 0.349 e. The molecule has 152 valence electrons. The fourth-order valence-corrected chi connectivity index (χ4v) is 3.42. The maximum Gasteiger partial charge on any atom is 0.224 e. The molecule has 3 aromatic rings. The highest BCUT2D eigenvalue weighted by Crippen LogP contribution is 2.23. The van der Waals surface area contributed by atoms with Crippen LogP contribution in [-0.4, -0.2) is 26.1 Å². The number of carbonyl (C=O) groups excluding carboxylic acids is 1. The molecule has 0 aliphatic carbocycles. The number of carbonyl (C=O) groups is 1. The van der Waals surface area contributed by atoms with Gasteiger partial charge in [-0.2, -0.15) is 0 Å². The highest BCUT2D eigenvalue weighted by atomic mass is 16.1. The molecule has 0 spiro atoms. The van der Waals surface area contributed by atoms with Crippen molar-refractivity contribution >= 4 is 5.91 Å². The third-order valence-corrected chi connectivity index (χ3v) is 4.88. The minimum Gasteiger partial charge on any atom is -0.349 e. The van der Waals surface area contributed by atoms with Gasteiger partial charge in [0.05, 0.1) is 18.2 Å². The topological polar surface area (TPSA) is 72.7 Å². The molecular weight excluding hydrogens is 362 g/mol. The predicted octanol–water partition coefficient (Wildman–Crippen LogP) is 3.92. The summed E-state index contributed by atoms with van der Waals surface area (Å²) in [5.41, 5.74) is 4.30. The minimum atomic E-state index is -0.00361. The third kappa shape index (κ3) is 5.73. The standard InChI is InChI=1S/C23H29N5O/c1-16(2)13-18-5-9-20(10-6-18)23(17(3)4)25-22(29)14-19-7-11-21(12-8-19)28-15-24-26-27-28/h5-12,15-17,23H,13-14H2,1-4H3,(H,25,29). The van der Waals surface area contributed by atoms with Gasteiger partial charge in [0, 0.05) is 0 Å². The van der Waals surface area contributed by atoms with Crippen molar-refractivity contribution in [3.05, 3.63) is 71.5 Å². The lowest BCUT2D eigenvalue weighted by Gasteiger charge is -2.23. The van der Waals surface area contributed by atoms with Crippen molar-refractivity contribution in [3.8, 4) is 5.69 Å². The van der Waals surface area contributed by atoms with Gasteiger partial charge < -0.3 is 5.32 Å². The number of tetrazole rings is 1. The molecule has 0 aliphatic heterocycles. The number of hydrogen-bond acceptors (Lipinski definition) is 4. The van der Waals surface area contributed by atoms with Crippen LogP contribution in [0.3, 0.4) is 0 Å². The fraction of sp³-hybridized carbons (Fsp3) is 0.391. The number of amides is 1. The van der Waals surface area contributed by atoms with E-state index in [2.05, 4.69) is 72.8 Å². The summed E-state index contributed by atoms with van der Waals surface area (Å²) in [7, 11) is 0. The Kier molecular flexibility index (Phi) is 6.75. The van der Waals surface area contributed by atoms with Crippen LogP contribution in [0.5, 0.6) is 0 Å². The zero-order valence-electron chi connectivity index (χ0n) is 17.5. The van der Waals surface area contributed by atoms with Crippen LogP contribution in [0, 0.1) is 11.8 Å². The zero-order valence-corrected chi connectivity index (χ0v) is 17.5. The molecule has 1 N–H and O–H groups in total. The maximum absolute atomic E-state index is 12.7. The second-order valence-corrected chi connectivity index (χ2v) is 8.23. The van der Waals surface area contributed by atoms with Crippen LogP contribution in [0.15, 0.2) is 54.9 Å². The molecule has 1 aromatic heterocycles. The van der Waals surface area contributed by atoms with E-state index in [1.165, 1.54) is 5.56 Å². The van der Waals surface area contributed by atoms with Crippen molar-refractivity contribution in [3.63, 3.8) is 0 Å². The Bertz CT molecular complexity index is 899. The first-order valence-corrected chi connectivity index (χ1v) is 10.1. The number of nitrogens with one attached hydrogen (secondary N) is 1. The molecule has 1 heterocycles. The van der Waals surface area contributed by atoms with E-state index >= 15 is 0 Å². The van der Waals surface area contributed by atoms with Crippen LogP contribution >= 0.6 is 0 Å². The molecule has 0 radical (unpaired) electrons. The van der Waals surface area contributed by atoms with Gasteiger partial charge in [0.25, 0.3) is 0 Å². The average molecular weight is 392 g/mol. The van der Waals surface area contributed by atoms with Gasteiger partial charge in [-0.25, -0.2) is 4.68 Å². The Morgan fingerprint density at radius 3 is 2.17 bits per heavy atom. The second kappa shape index (κ2) is 9.45. The smallest absolute Gasteiger partial charge is 0.224 e. The molecule has 1 unspecified atom stereocenters. The third-order valence-electron chi connectivity index (χ3n) is 4.88. The molecule has 0 aliphatic rings. The maximum atomic E-state index is 12.7. The molecule has 1 atom stereocenters. The van der Waals surface area contributed by atoms with Gasteiger partial charge in [0.1, 0.15) is 6.33 Å². The van der Waals surface area contributed by atoms with Crippen molar-refractivity contribution in [2.75, 3.05) is 0 Å². The molecule has 0 saturated carbocycles. The summed E-state index contributed by atoms with van der Waals surface area (Å²) in [6, 6.07) is 16.3. The van der Waals surface area contributed by atoms with E-state index < -0.39 is 0 Å². The van der Waals surface area contributed by atoms with Crippen LogP contribution in [0.1, 0.15) is 50.4 Å². The van der Waals surface area contributed by atoms with E-state index in [4.69, 9.17) is 0 Å². The quantitative estimate of drug-likeness (QED) is 0.632. The van der Waals surface area contributed by atoms with Crippen LogP contribution in [0.2, 0.25) is 0 Å². The van der Waals surface area contributed by atoms with E-state index in [1.54, 1.807) is 11.0 Å². The molecule has 0 bridgehead atoms. The highest BCUT2D eigenvalue weighted by molar-refractivity contribution is 5.79. The monoisotopic (exact) mass is 391 g/mol. The van der Waals surface area contributed by atoms with Crippen LogP contribution in [0.25, 0.3) is 5.69 Å². The summed E-state index contributed by atoms with van der Waals surface area (Å²) in [4.78, 5) is 12.7. The summed E-state index contributed by atoms with van der Waals surface area (Å²) < 4.78 is 1.58. The Hall–Kier alpha value is -3.02. The van der Waals surface area contributed by atoms with Crippen molar-refractivity contribution in [2.45, 2.75) is 46.6 Å². The Morgan fingerprint density at radius 1 is 0.966 bits per heavy atom. The highest BCUT2D eigenvalue weighted by Gasteiger charge is 2.18. The number of rotatable bonds is 8. The van der Waals surface area contributed by atoms with Gasteiger partial charge in [-0.1, -0.05) is 64.1 Å². The predicted molar refractivity (Wildman–Crippen MR) is 114 cm³/mol. The van der Waals surface area contributed by atoms with Crippen LogP contribution in [0.4, 0.5) is 0 Å². The van der Waals surface area contributed by atoms with E-state index in [1.807, 2.05) is 24.3 Å². The fourth-order valence-electron chi connectivity index (χ4n) is 3.42. The lowest BCUT2D eigenvalue weighted by molar-refractivity contribution is -0.121. The van der Waals surface area contributed by atoms with Crippen molar-refractivity contribution < 1.29 is 4.79 Å². The molecule has 6 nitrogen and oxygen atoms in total. The van der Waals surface area contributed by atoms with E-state index in [0.717, 1.165) is 23.2 Å². The van der Waals surface area contributed by atoms with Gasteiger partial charge >= 0.3 is 0 Å². The molecule has 0 fully saturated rings. The Morgan fingerprint density at radius 2 is 1.62 bits per heavy atom. The Labute approximate surface area is 172 Å². The van der Waals surface area contributed by atoms with Crippen LogP contribution in [-0.2, 0) is 17.6 Å². The minimum absolute atomic E-state index is 0.00361. The molecule has 6 heteroatoms. The summed E-state index contributed by atoms with van der Waals surface area (Å²) >= 11 is 0. The van der Waals surface area contributed by atoms with Gasteiger partial charge in [-0.15, -0.1) is 5.10 Å². The lowest BCUT2D eigenvalue weighted by Crippen LogP contribution is -2.32. The van der Waals surface area contributed by atoms with Gasteiger partial charge in [-0.3, -0.25) is 4.79 Å². The summed E-state index contributed by atoms with van der Waals surface area (Å²) in [5, 5.41) is 14.3. The molecule has 29 heavy (non-hydrogen) atoms. The Balaban J connectivity index is 1.63. The molecule has 1 amide bonds. The second-order valence-electron chi connectivity index (χ2n) is 8.23. The van der Waals surface area contributed by atoms with Crippen LogP contribution < -0.4 is 5.32 Å². The van der Waals surface area contributed by atoms with E-state index in [9.17, 15) is 4.79 Å². The summed E-state index contributed by atoms with van der Waals surface area (Å²) in [6.45, 7) is 8.71. The summed E-state index contributed by atoms with van der Waals surface area (Å²) in [6.07, 6.45) is 2.95. The van der Waals surface area contributed by atoms with E-state index in [-0.39, 0.29) is 11.9 Å². The summed E-state index contributed by atoms with van der Waals surface area (Å²) in [5.74, 6) is 0.955. The number of hydrogen-bond donors (Lipinski definition) is 1. The lowest BCUT2D eigenvalue weighted by atomic mass is 9.93. The first-order valence-electron chi connectivity index (χ1n) is 10.1. The number of aromatic nitrogens is 4. The molecule has 2 aromatic carbocycles. The van der Waals surface area contributed by atoms with Gasteiger partial charge in [0.15, 0.2) is 0 Å². The molecule has 0 saturated heterocycles. The van der Waals surface area contributed by atoms with Gasteiger partial charge in [-0.05, 0) is 57.5 Å². The number of benzene rings is 2. The van der Waals surface area contributed by atoms with E-state index in [0.29, 0.717) is 18.3 Å². The number of nitrogens with zero attached hydrogens (tertiary/aromatic N) is 4. The molecular formula is C23H29N5O. The average Bonchev–Trinajstić information content (AvgIpc) is 3.22. The molecule has 3 rings (SSSR count). The normalized spacial score (nSPS) is 12.3. The van der Waals surface area contributed by atoms with Crippen molar-refractivity contribution in [1.29, 1.82) is 0 Å². The van der Waals surface area contributed by atoms with Crippen molar-refractivity contribution in [1.82, 2.24) is 25.5 Å². The van der Waals surface area contributed by atoms with Gasteiger partial charge in [0.2, 0.25) is 5.91 Å². The van der Waals surface area contributed by atoms with Crippen molar-refractivity contribution in [2.24, 2.45) is 11.8 Å². The SMILES string of the molecule is CC(C)Cc1ccc(C(NC(=O)Cc2ccc(-n3cnnn3)cc2)C(C)C)cc1. The first-order chi connectivity index (χ1) is 13.9. The first kappa shape index (κ1) is 20.7. The zero-order chi connectivity index (χ0) is 20.8.